The second-order valence-corrected chi connectivity index (χ2v) is 3.85. The zero-order valence-corrected chi connectivity index (χ0v) is 8.94. The fourth-order valence-electron chi connectivity index (χ4n) is 1.73. The molecule has 0 bridgehead atoms. The Labute approximate surface area is 89.1 Å². The third-order valence-electron chi connectivity index (χ3n) is 2.68. The largest absolute Gasteiger partial charge is 0.409 e. The molecule has 1 unspecified atom stereocenters. The van der Waals surface area contributed by atoms with Crippen LogP contribution in [-0.4, -0.2) is 48.0 Å². The molecule has 1 aliphatic rings. The van der Waals surface area contributed by atoms with E-state index in [1.165, 1.54) is 6.42 Å². The smallest absolute Gasteiger partial charge is 0.227 e. The van der Waals surface area contributed by atoms with Crippen LogP contribution in [0.15, 0.2) is 5.16 Å². The van der Waals surface area contributed by atoms with Crippen molar-refractivity contribution in [1.82, 2.24) is 10.2 Å². The average Bonchev–Trinajstić information content (AvgIpc) is 2.61. The number of oxime groups is 1. The van der Waals surface area contributed by atoms with Gasteiger partial charge in [0, 0.05) is 12.6 Å². The van der Waals surface area contributed by atoms with E-state index in [0.29, 0.717) is 12.6 Å². The van der Waals surface area contributed by atoms with Crippen molar-refractivity contribution >= 4 is 11.7 Å². The predicted molar refractivity (Wildman–Crippen MR) is 56.7 cm³/mol. The summed E-state index contributed by atoms with van der Waals surface area (Å²) in [4.78, 5) is 13.5. The van der Waals surface area contributed by atoms with Gasteiger partial charge in [0.2, 0.25) is 5.91 Å². The lowest BCUT2D eigenvalue weighted by Gasteiger charge is -2.19. The van der Waals surface area contributed by atoms with Crippen LogP contribution in [0.4, 0.5) is 0 Å². The highest BCUT2D eigenvalue weighted by Gasteiger charge is 2.21. The van der Waals surface area contributed by atoms with Crippen molar-refractivity contribution in [3.63, 3.8) is 0 Å². The Kier molecular flexibility index (Phi) is 4.36. The first-order valence-electron chi connectivity index (χ1n) is 5.07. The van der Waals surface area contributed by atoms with E-state index in [1.807, 2.05) is 7.05 Å². The molecule has 1 heterocycles. The van der Waals surface area contributed by atoms with Gasteiger partial charge < -0.3 is 21.2 Å². The van der Waals surface area contributed by atoms with Crippen LogP contribution >= 0.6 is 0 Å². The minimum absolute atomic E-state index is 0.0487. The maximum Gasteiger partial charge on any atom is 0.227 e. The van der Waals surface area contributed by atoms with E-state index in [1.54, 1.807) is 0 Å². The van der Waals surface area contributed by atoms with Crippen LogP contribution in [0, 0.1) is 0 Å². The van der Waals surface area contributed by atoms with Crippen LogP contribution in [0.25, 0.3) is 0 Å². The number of rotatable bonds is 4. The highest BCUT2D eigenvalue weighted by atomic mass is 16.4. The number of carbonyl (C=O) groups excluding carboxylic acids is 1. The molecule has 0 radical (unpaired) electrons. The summed E-state index contributed by atoms with van der Waals surface area (Å²) in [5.41, 5.74) is 5.21. The molecule has 1 amide bonds. The number of hydrogen-bond acceptors (Lipinski definition) is 4. The van der Waals surface area contributed by atoms with Crippen molar-refractivity contribution in [3.8, 4) is 0 Å². The number of carbonyl (C=O) groups is 1. The Morgan fingerprint density at radius 2 is 2.47 bits per heavy atom. The molecule has 0 aliphatic carbocycles. The number of likely N-dealkylation sites (tertiary alicyclic amines) is 1. The summed E-state index contributed by atoms with van der Waals surface area (Å²) in [5.74, 6) is -0.266. The lowest BCUT2D eigenvalue weighted by Crippen LogP contribution is -2.39. The minimum Gasteiger partial charge on any atom is -0.409 e. The van der Waals surface area contributed by atoms with Gasteiger partial charge in [-0.3, -0.25) is 4.79 Å². The lowest BCUT2D eigenvalue weighted by atomic mass is 10.2. The molecule has 15 heavy (non-hydrogen) atoms. The SMILES string of the molecule is CN1CCCC1CNC(=O)CC(N)=NO. The van der Waals surface area contributed by atoms with Gasteiger partial charge in [0.15, 0.2) is 0 Å². The van der Waals surface area contributed by atoms with Crippen LogP contribution in [0.1, 0.15) is 19.3 Å². The molecule has 86 valence electrons. The third-order valence-corrected chi connectivity index (χ3v) is 2.68. The quantitative estimate of drug-likeness (QED) is 0.250. The van der Waals surface area contributed by atoms with Crippen molar-refractivity contribution in [2.24, 2.45) is 10.9 Å². The van der Waals surface area contributed by atoms with Gasteiger partial charge in [0.05, 0.1) is 6.42 Å². The molecule has 0 saturated carbocycles. The average molecular weight is 214 g/mol. The number of likely N-dealkylation sites (N-methyl/N-ethyl adjacent to an activating group) is 1. The van der Waals surface area contributed by atoms with E-state index in [-0.39, 0.29) is 18.2 Å². The second kappa shape index (κ2) is 5.55. The number of nitrogens with two attached hydrogens (primary N) is 1. The number of nitrogens with one attached hydrogen (secondary N) is 1. The highest BCUT2D eigenvalue weighted by Crippen LogP contribution is 2.13. The number of amidine groups is 1. The number of amides is 1. The minimum atomic E-state index is -0.203. The topological polar surface area (TPSA) is 91.0 Å². The van der Waals surface area contributed by atoms with Crippen molar-refractivity contribution < 1.29 is 10.0 Å². The predicted octanol–water partition coefficient (Wildman–Crippen LogP) is -0.667. The molecule has 0 aromatic carbocycles. The van der Waals surface area contributed by atoms with E-state index in [0.717, 1.165) is 13.0 Å². The Morgan fingerprint density at radius 1 is 1.73 bits per heavy atom. The van der Waals surface area contributed by atoms with E-state index >= 15 is 0 Å². The van der Waals surface area contributed by atoms with E-state index < -0.39 is 0 Å². The molecule has 6 nitrogen and oxygen atoms in total. The van der Waals surface area contributed by atoms with Gasteiger partial charge in [-0.15, -0.1) is 0 Å². The molecule has 6 heteroatoms. The Balaban J connectivity index is 2.22. The van der Waals surface area contributed by atoms with Gasteiger partial charge in [-0.2, -0.15) is 0 Å². The molecule has 1 saturated heterocycles. The highest BCUT2D eigenvalue weighted by molar-refractivity contribution is 5.98. The normalized spacial score (nSPS) is 23.0. The molecule has 4 N–H and O–H groups in total. The first-order valence-corrected chi connectivity index (χ1v) is 5.07. The van der Waals surface area contributed by atoms with E-state index in [2.05, 4.69) is 15.4 Å². The van der Waals surface area contributed by atoms with Crippen molar-refractivity contribution in [2.45, 2.75) is 25.3 Å². The van der Waals surface area contributed by atoms with Crippen molar-refractivity contribution in [1.29, 1.82) is 0 Å². The molecule has 1 aliphatic heterocycles. The summed E-state index contributed by atoms with van der Waals surface area (Å²) in [7, 11) is 2.05. The van der Waals surface area contributed by atoms with E-state index in [9.17, 15) is 4.79 Å². The van der Waals surface area contributed by atoms with Gasteiger partial charge in [-0.05, 0) is 26.4 Å². The van der Waals surface area contributed by atoms with Crippen LogP contribution in [-0.2, 0) is 4.79 Å². The molecular weight excluding hydrogens is 196 g/mol. The van der Waals surface area contributed by atoms with E-state index in [4.69, 9.17) is 10.9 Å². The summed E-state index contributed by atoms with van der Waals surface area (Å²) in [6.07, 6.45) is 2.24. The van der Waals surface area contributed by atoms with Crippen LogP contribution in [0.5, 0.6) is 0 Å². The Bertz CT molecular complexity index is 254. The zero-order valence-electron chi connectivity index (χ0n) is 8.94. The number of hydrogen-bond donors (Lipinski definition) is 3. The van der Waals surface area contributed by atoms with Gasteiger partial charge in [0.25, 0.3) is 0 Å². The Hall–Kier alpha value is -1.30. The summed E-state index contributed by atoms with van der Waals surface area (Å²) in [6, 6.07) is 0.418. The molecule has 0 spiro atoms. The van der Waals surface area contributed by atoms with Crippen LogP contribution < -0.4 is 11.1 Å². The molecule has 1 fully saturated rings. The lowest BCUT2D eigenvalue weighted by molar-refractivity contribution is -0.120. The third kappa shape index (κ3) is 3.75. The summed E-state index contributed by atoms with van der Waals surface area (Å²) < 4.78 is 0. The number of nitrogens with zero attached hydrogens (tertiary/aromatic N) is 2. The molecular formula is C9H18N4O2. The standard InChI is InChI=1S/C9H18N4O2/c1-13-4-2-3-7(13)6-11-9(14)5-8(10)12-15/h7,15H,2-6H2,1H3,(H2,10,12)(H,11,14). The molecule has 0 aromatic rings. The second-order valence-electron chi connectivity index (χ2n) is 3.85. The molecule has 1 atom stereocenters. The monoisotopic (exact) mass is 214 g/mol. The maximum atomic E-state index is 11.3. The fraction of sp³-hybridized carbons (Fsp3) is 0.778. The first kappa shape index (κ1) is 11.8. The maximum absolute atomic E-state index is 11.3. The Morgan fingerprint density at radius 3 is 3.00 bits per heavy atom. The van der Waals surface area contributed by atoms with Crippen LogP contribution in [0.2, 0.25) is 0 Å². The van der Waals surface area contributed by atoms with Crippen molar-refractivity contribution in [3.05, 3.63) is 0 Å². The van der Waals surface area contributed by atoms with Gasteiger partial charge in [0.1, 0.15) is 5.84 Å². The first-order chi connectivity index (χ1) is 7.13. The van der Waals surface area contributed by atoms with Crippen molar-refractivity contribution in [2.75, 3.05) is 20.1 Å². The molecule has 1 rings (SSSR count). The van der Waals surface area contributed by atoms with Gasteiger partial charge in [-0.1, -0.05) is 5.16 Å². The summed E-state index contributed by atoms with van der Waals surface area (Å²) >= 11 is 0. The fourth-order valence-corrected chi connectivity index (χ4v) is 1.73. The summed E-state index contributed by atoms with van der Waals surface area (Å²) in [6.45, 7) is 1.72. The zero-order chi connectivity index (χ0) is 11.3. The van der Waals surface area contributed by atoms with Crippen LogP contribution in [0.3, 0.4) is 0 Å². The molecule has 0 aromatic heterocycles. The summed E-state index contributed by atoms with van der Waals surface area (Å²) in [5, 5.41) is 13.8. The van der Waals surface area contributed by atoms with Gasteiger partial charge >= 0.3 is 0 Å². The van der Waals surface area contributed by atoms with Gasteiger partial charge in [-0.25, -0.2) is 0 Å².